The maximum absolute atomic E-state index is 10.1. The molecule has 0 saturated heterocycles. The van der Waals surface area contributed by atoms with Crippen molar-refractivity contribution in [1.82, 2.24) is 0 Å². The third kappa shape index (κ3) is 1.65. The Morgan fingerprint density at radius 3 is 2.18 bits per heavy atom. The summed E-state index contributed by atoms with van der Waals surface area (Å²) in [4.78, 5) is 20.3. The van der Waals surface area contributed by atoms with Crippen molar-refractivity contribution < 1.29 is 9.85 Å². The van der Waals surface area contributed by atoms with Gasteiger partial charge in [0.15, 0.2) is 0 Å². The van der Waals surface area contributed by atoms with Crippen LogP contribution < -0.4 is 0 Å². The van der Waals surface area contributed by atoms with E-state index in [4.69, 9.17) is 0 Å². The first kappa shape index (κ1) is 7.94. The van der Waals surface area contributed by atoms with E-state index < -0.39 is 25.6 Å². The van der Waals surface area contributed by atoms with Crippen LogP contribution in [0, 0.1) is 20.2 Å². The number of hydrogen-bond acceptors (Lipinski definition) is 4. The van der Waals surface area contributed by atoms with E-state index in [1.165, 1.54) is 4.86 Å². The van der Waals surface area contributed by atoms with E-state index in [-0.39, 0.29) is 10.2 Å². The van der Waals surface area contributed by atoms with Crippen LogP contribution in [0.25, 0.3) is 0 Å². The van der Waals surface area contributed by atoms with Crippen LogP contribution in [0.1, 0.15) is 0 Å². The average molecular weight is 218 g/mol. The molecule has 0 N–H and O–H groups in total. The second kappa shape index (κ2) is 2.84. The van der Waals surface area contributed by atoms with Gasteiger partial charge in [0, 0.05) is 0 Å². The molecule has 1 rings (SSSR count). The van der Waals surface area contributed by atoms with Crippen LogP contribution in [0.4, 0.5) is 0 Å². The molecule has 0 radical (unpaired) electrons. The summed E-state index contributed by atoms with van der Waals surface area (Å²) >= 11 is -1.01. The molecule has 6 nitrogen and oxygen atoms in total. The fourth-order valence-corrected chi connectivity index (χ4v) is 2.30. The zero-order valence-corrected chi connectivity index (χ0v) is 7.28. The Balaban J connectivity index is 2.79. The van der Waals surface area contributed by atoms with Crippen molar-refractivity contribution >= 4 is 15.8 Å². The van der Waals surface area contributed by atoms with Crippen molar-refractivity contribution in [3.63, 3.8) is 0 Å². The molecular weight excluding hydrogens is 215 g/mol. The molecule has 0 aromatic rings. The van der Waals surface area contributed by atoms with Gasteiger partial charge in [-0.25, -0.2) is 0 Å². The van der Waals surface area contributed by atoms with Gasteiger partial charge in [0.1, 0.15) is 0 Å². The molecule has 0 aromatic heterocycles. The molecule has 1 atom stereocenters. The number of rotatable bonds is 2. The summed E-state index contributed by atoms with van der Waals surface area (Å²) in [5.41, 5.74) is -0.142. The van der Waals surface area contributed by atoms with E-state index in [1.807, 2.05) is 0 Å². The third-order valence-corrected chi connectivity index (χ3v) is 3.29. The first-order chi connectivity index (χ1) is 5.11. The summed E-state index contributed by atoms with van der Waals surface area (Å²) < 4.78 is -0.00306. The van der Waals surface area contributed by atoms with Gasteiger partial charge < -0.3 is 0 Å². The van der Waals surface area contributed by atoms with E-state index in [0.29, 0.717) is 0 Å². The molecule has 0 fully saturated rings. The van der Waals surface area contributed by atoms with Gasteiger partial charge in [-0.05, 0) is 0 Å². The van der Waals surface area contributed by atoms with E-state index in [0.717, 1.165) is 6.08 Å². The number of hydrogen-bond donors (Lipinski definition) is 0. The van der Waals surface area contributed by atoms with Crippen LogP contribution in [0.15, 0.2) is 21.1 Å². The second-order valence-corrected chi connectivity index (χ2v) is 4.04. The Labute approximate surface area is 67.6 Å². The van der Waals surface area contributed by atoms with Gasteiger partial charge in [-0.3, -0.25) is 0 Å². The van der Waals surface area contributed by atoms with Crippen molar-refractivity contribution in [2.75, 3.05) is 0 Å². The van der Waals surface area contributed by atoms with Gasteiger partial charge in [0.25, 0.3) is 0 Å². The Morgan fingerprint density at radius 1 is 1.27 bits per heavy atom. The van der Waals surface area contributed by atoms with E-state index >= 15 is 0 Å². The van der Waals surface area contributed by atoms with Crippen LogP contribution in [0.5, 0.6) is 0 Å². The number of nitrogens with zero attached hydrogens (tertiary/aromatic N) is 2. The molecule has 0 amide bonds. The zero-order chi connectivity index (χ0) is 8.43. The summed E-state index contributed by atoms with van der Waals surface area (Å²) in [6, 6.07) is 0. The van der Waals surface area contributed by atoms with E-state index in [9.17, 15) is 20.2 Å². The van der Waals surface area contributed by atoms with Crippen LogP contribution in [0.3, 0.4) is 0 Å². The molecular formula is C4H3AsN2O4. The minimum atomic E-state index is -1.01. The van der Waals surface area contributed by atoms with Gasteiger partial charge in [0.05, 0.1) is 0 Å². The standard InChI is InChI=1S/C4H3AsN2O4/c8-6(9)3-1-4(5-2-3)7(10)11/h1-2,5H. The summed E-state index contributed by atoms with van der Waals surface area (Å²) in [5, 5.41) is 20.1. The predicted molar refractivity (Wildman–Crippen MR) is 37.3 cm³/mol. The fraction of sp³-hybridized carbons (Fsp3) is 0. The Kier molecular flexibility index (Phi) is 2.05. The van der Waals surface area contributed by atoms with Crippen molar-refractivity contribution in [3.05, 3.63) is 41.4 Å². The molecule has 1 aliphatic heterocycles. The van der Waals surface area contributed by atoms with Gasteiger partial charge in [-0.15, -0.1) is 0 Å². The number of nitro groups is 2. The minimum absolute atomic E-state index is 0.00306. The average Bonchev–Trinajstić information content (AvgIpc) is 2.33. The van der Waals surface area contributed by atoms with Crippen molar-refractivity contribution in [2.24, 2.45) is 0 Å². The molecule has 1 unspecified atom stereocenters. The summed E-state index contributed by atoms with van der Waals surface area (Å²) in [7, 11) is 0. The van der Waals surface area contributed by atoms with Gasteiger partial charge in [0.2, 0.25) is 0 Å². The van der Waals surface area contributed by atoms with Crippen molar-refractivity contribution in [1.29, 1.82) is 0 Å². The van der Waals surface area contributed by atoms with E-state index in [1.54, 1.807) is 0 Å². The zero-order valence-electron chi connectivity index (χ0n) is 5.18. The topological polar surface area (TPSA) is 86.3 Å². The molecule has 0 aromatic carbocycles. The Morgan fingerprint density at radius 2 is 1.91 bits per heavy atom. The summed E-state index contributed by atoms with van der Waals surface area (Å²) in [6.45, 7) is 0. The Hall–Kier alpha value is -1.16. The SMILES string of the molecule is O=[N+]([O-])C1=C[AsH]C([N+](=O)[O-])=C1. The molecule has 58 valence electrons. The van der Waals surface area contributed by atoms with Crippen LogP contribution in [-0.4, -0.2) is 25.6 Å². The molecule has 1 heterocycles. The first-order valence-corrected chi connectivity index (χ1v) is 4.84. The molecule has 0 spiro atoms. The summed E-state index contributed by atoms with van der Waals surface area (Å²) in [5.74, 6) is 0. The van der Waals surface area contributed by atoms with E-state index in [2.05, 4.69) is 0 Å². The molecule has 7 heteroatoms. The predicted octanol–water partition coefficient (Wildman–Crippen LogP) is -0.327. The van der Waals surface area contributed by atoms with Crippen LogP contribution >= 0.6 is 0 Å². The summed E-state index contributed by atoms with van der Waals surface area (Å²) in [6.07, 6.45) is 1.03. The monoisotopic (exact) mass is 218 g/mol. The quantitative estimate of drug-likeness (QED) is 0.360. The van der Waals surface area contributed by atoms with Crippen LogP contribution in [-0.2, 0) is 0 Å². The van der Waals surface area contributed by atoms with Crippen molar-refractivity contribution in [3.8, 4) is 0 Å². The molecule has 0 saturated carbocycles. The maximum atomic E-state index is 10.1. The molecule has 0 aliphatic carbocycles. The fourth-order valence-electron chi connectivity index (χ4n) is 0.582. The normalized spacial score (nSPS) is 17.8. The second-order valence-electron chi connectivity index (χ2n) is 1.76. The van der Waals surface area contributed by atoms with Crippen molar-refractivity contribution in [2.45, 2.75) is 0 Å². The third-order valence-electron chi connectivity index (χ3n) is 1.06. The number of allylic oxidation sites excluding steroid dienone is 1. The van der Waals surface area contributed by atoms with Gasteiger partial charge in [-0.1, -0.05) is 0 Å². The molecule has 0 bridgehead atoms. The van der Waals surface area contributed by atoms with Gasteiger partial charge in [-0.2, -0.15) is 0 Å². The Bertz CT molecular complexity index is 282. The first-order valence-electron chi connectivity index (χ1n) is 2.58. The molecule has 1 aliphatic rings. The van der Waals surface area contributed by atoms with Crippen LogP contribution in [0.2, 0.25) is 0 Å². The molecule has 11 heavy (non-hydrogen) atoms. The van der Waals surface area contributed by atoms with Gasteiger partial charge >= 0.3 is 66.9 Å².